The lowest BCUT2D eigenvalue weighted by molar-refractivity contribution is 0.490. The second-order valence-corrected chi connectivity index (χ2v) is 6.17. The number of halogens is 2. The highest BCUT2D eigenvalue weighted by molar-refractivity contribution is 9.11. The molecule has 0 amide bonds. The highest BCUT2D eigenvalue weighted by Gasteiger charge is 2.33. The molecule has 19 heavy (non-hydrogen) atoms. The van der Waals surface area contributed by atoms with E-state index in [1.54, 1.807) is 0 Å². The minimum Gasteiger partial charge on any atom is -0.460 e. The first-order valence-corrected chi connectivity index (χ1v) is 7.36. The molecule has 94 valence electrons. The Kier molecular flexibility index (Phi) is 2.51. The monoisotopic (exact) mass is 332 g/mol. The molecule has 0 saturated carbocycles. The maximum atomic E-state index is 6.32. The molecule has 4 rings (SSSR count). The lowest BCUT2D eigenvalue weighted by atomic mass is 9.81. The fourth-order valence-electron chi connectivity index (χ4n) is 2.89. The molecule has 0 aliphatic heterocycles. The van der Waals surface area contributed by atoms with Gasteiger partial charge in [0.15, 0.2) is 0 Å². The minimum absolute atomic E-state index is 0.253. The maximum absolute atomic E-state index is 6.32. The Bertz CT molecular complexity index is 766. The zero-order valence-corrected chi connectivity index (χ0v) is 12.3. The third-order valence-electron chi connectivity index (χ3n) is 3.77. The van der Waals surface area contributed by atoms with E-state index in [2.05, 4.69) is 46.3 Å². The Labute approximate surface area is 124 Å². The summed E-state index contributed by atoms with van der Waals surface area (Å²) in [6, 6.07) is 5.80. The number of allylic oxidation sites excluding steroid dienone is 5. The highest BCUT2D eigenvalue weighted by Crippen LogP contribution is 2.48. The summed E-state index contributed by atoms with van der Waals surface area (Å²) < 4.78 is 7.23. The Morgan fingerprint density at radius 2 is 1.89 bits per heavy atom. The van der Waals surface area contributed by atoms with Crippen molar-refractivity contribution in [1.29, 1.82) is 0 Å². The van der Waals surface area contributed by atoms with E-state index in [0.29, 0.717) is 5.92 Å². The van der Waals surface area contributed by atoms with Gasteiger partial charge in [-0.1, -0.05) is 57.9 Å². The molecule has 0 saturated heterocycles. The molecule has 2 aliphatic rings. The van der Waals surface area contributed by atoms with Crippen LogP contribution in [0.2, 0.25) is 5.02 Å². The molecule has 1 aromatic carbocycles. The lowest BCUT2D eigenvalue weighted by Gasteiger charge is -2.26. The average molecular weight is 334 g/mol. The predicted octanol–water partition coefficient (Wildman–Crippen LogP) is 5.66. The van der Waals surface area contributed by atoms with Gasteiger partial charge in [-0.25, -0.2) is 0 Å². The van der Waals surface area contributed by atoms with E-state index >= 15 is 0 Å². The van der Waals surface area contributed by atoms with Crippen LogP contribution < -0.4 is 0 Å². The molecule has 3 heteroatoms. The molecule has 2 atom stereocenters. The van der Waals surface area contributed by atoms with Crippen LogP contribution in [0.25, 0.3) is 17.0 Å². The molecule has 0 spiro atoms. The zero-order valence-electron chi connectivity index (χ0n) is 9.94. The van der Waals surface area contributed by atoms with Gasteiger partial charge < -0.3 is 4.42 Å². The summed E-state index contributed by atoms with van der Waals surface area (Å²) in [5.41, 5.74) is 1.96. The lowest BCUT2D eigenvalue weighted by Crippen LogP contribution is -2.14. The van der Waals surface area contributed by atoms with Gasteiger partial charge >= 0.3 is 0 Å². The van der Waals surface area contributed by atoms with E-state index in [9.17, 15) is 0 Å². The van der Waals surface area contributed by atoms with Crippen molar-refractivity contribution in [2.24, 2.45) is 5.92 Å². The summed E-state index contributed by atoms with van der Waals surface area (Å²) in [7, 11) is 0. The van der Waals surface area contributed by atoms with Crippen molar-refractivity contribution in [1.82, 2.24) is 0 Å². The topological polar surface area (TPSA) is 13.1 Å². The quantitative estimate of drug-likeness (QED) is 0.606. The number of furan rings is 1. The molecular formula is C16H10BrClO. The van der Waals surface area contributed by atoms with Crippen LogP contribution in [-0.4, -0.2) is 0 Å². The van der Waals surface area contributed by atoms with Crippen molar-refractivity contribution >= 4 is 44.6 Å². The van der Waals surface area contributed by atoms with Gasteiger partial charge in [-0.15, -0.1) is 0 Å². The van der Waals surface area contributed by atoms with Crippen LogP contribution in [0.15, 0.2) is 51.4 Å². The molecule has 2 aromatic rings. The summed E-state index contributed by atoms with van der Waals surface area (Å²) in [5, 5.41) is 1.75. The van der Waals surface area contributed by atoms with Crippen molar-refractivity contribution in [2.75, 3.05) is 0 Å². The van der Waals surface area contributed by atoms with Crippen molar-refractivity contribution in [3.8, 4) is 0 Å². The summed E-state index contributed by atoms with van der Waals surface area (Å²) in [5.74, 6) is 1.59. The second kappa shape index (κ2) is 4.12. The molecule has 2 aliphatic carbocycles. The van der Waals surface area contributed by atoms with Crippen LogP contribution >= 0.6 is 27.5 Å². The third kappa shape index (κ3) is 1.60. The molecule has 1 heterocycles. The molecule has 2 unspecified atom stereocenters. The van der Waals surface area contributed by atoms with E-state index in [4.69, 9.17) is 16.0 Å². The Morgan fingerprint density at radius 1 is 1.11 bits per heavy atom. The van der Waals surface area contributed by atoms with Crippen molar-refractivity contribution in [3.05, 3.63) is 63.3 Å². The minimum atomic E-state index is 0.253. The van der Waals surface area contributed by atoms with Gasteiger partial charge in [0.2, 0.25) is 0 Å². The summed E-state index contributed by atoms with van der Waals surface area (Å²) in [6.45, 7) is 0. The van der Waals surface area contributed by atoms with Gasteiger partial charge in [0.25, 0.3) is 0 Å². The van der Waals surface area contributed by atoms with Gasteiger partial charge in [0, 0.05) is 27.3 Å². The van der Waals surface area contributed by atoms with Gasteiger partial charge in [-0.2, -0.15) is 0 Å². The third-order valence-corrected chi connectivity index (χ3v) is 4.84. The van der Waals surface area contributed by atoms with Crippen LogP contribution in [0.4, 0.5) is 0 Å². The number of fused-ring (bicyclic) bond motifs is 5. The standard InChI is InChI=1S/C16H10BrClO/c17-12-8-11-15-13(18)6-3-7-14(15)19-16(11)10-5-2-1-4-9(10)12/h1-10H. The van der Waals surface area contributed by atoms with E-state index < -0.39 is 0 Å². The average Bonchev–Trinajstić information content (AvgIpc) is 2.79. The Hall–Kier alpha value is -1.25. The fraction of sp³-hybridized carbons (Fsp3) is 0.125. The van der Waals surface area contributed by atoms with Gasteiger partial charge in [-0.05, 0) is 18.2 Å². The van der Waals surface area contributed by atoms with Crippen molar-refractivity contribution in [2.45, 2.75) is 5.92 Å². The maximum Gasteiger partial charge on any atom is 0.136 e. The molecular weight excluding hydrogens is 324 g/mol. The van der Waals surface area contributed by atoms with Crippen molar-refractivity contribution < 1.29 is 4.42 Å². The fourth-order valence-corrected chi connectivity index (χ4v) is 3.83. The van der Waals surface area contributed by atoms with Crippen LogP contribution in [0.3, 0.4) is 0 Å². The van der Waals surface area contributed by atoms with Gasteiger partial charge in [0.05, 0.1) is 5.02 Å². The van der Waals surface area contributed by atoms with Crippen LogP contribution in [0.1, 0.15) is 17.2 Å². The largest absolute Gasteiger partial charge is 0.460 e. The number of rotatable bonds is 0. The number of hydrogen-bond acceptors (Lipinski definition) is 1. The highest BCUT2D eigenvalue weighted by atomic mass is 79.9. The summed E-state index contributed by atoms with van der Waals surface area (Å²) >= 11 is 10.0. The zero-order chi connectivity index (χ0) is 13.0. The first-order chi connectivity index (χ1) is 9.25. The van der Waals surface area contributed by atoms with Crippen LogP contribution in [0.5, 0.6) is 0 Å². The van der Waals surface area contributed by atoms with Crippen molar-refractivity contribution in [3.63, 3.8) is 0 Å². The molecule has 1 nitrogen and oxygen atoms in total. The van der Waals surface area contributed by atoms with E-state index in [1.807, 2.05) is 18.2 Å². The first kappa shape index (κ1) is 11.6. The number of benzene rings is 1. The SMILES string of the molecule is Clc1cccc2oc3c(c12)C=C(Br)C1C=CC=CC31. The molecule has 1 aromatic heterocycles. The smallest absolute Gasteiger partial charge is 0.136 e. The molecule has 0 fully saturated rings. The van der Waals surface area contributed by atoms with E-state index in [1.165, 1.54) is 4.48 Å². The Morgan fingerprint density at radius 3 is 2.74 bits per heavy atom. The molecule has 0 radical (unpaired) electrons. The van der Waals surface area contributed by atoms with E-state index in [-0.39, 0.29) is 5.92 Å². The second-order valence-electron chi connectivity index (χ2n) is 4.84. The number of hydrogen-bond donors (Lipinski definition) is 0. The van der Waals surface area contributed by atoms with Crippen LogP contribution in [-0.2, 0) is 0 Å². The van der Waals surface area contributed by atoms with E-state index in [0.717, 1.165) is 27.3 Å². The normalized spacial score (nSPS) is 24.2. The predicted molar refractivity (Wildman–Crippen MR) is 82.6 cm³/mol. The summed E-state index contributed by atoms with van der Waals surface area (Å²) in [4.78, 5) is 0. The summed E-state index contributed by atoms with van der Waals surface area (Å²) in [6.07, 6.45) is 10.7. The molecule has 0 bridgehead atoms. The Balaban J connectivity index is 2.07. The van der Waals surface area contributed by atoms with Gasteiger partial charge in [0.1, 0.15) is 11.3 Å². The first-order valence-electron chi connectivity index (χ1n) is 6.18. The molecule has 0 N–H and O–H groups in total. The van der Waals surface area contributed by atoms with Gasteiger partial charge in [-0.3, -0.25) is 0 Å². The van der Waals surface area contributed by atoms with Crippen LogP contribution in [0, 0.1) is 5.92 Å².